The summed E-state index contributed by atoms with van der Waals surface area (Å²) in [4.78, 5) is 1.58. The second-order valence-electron chi connectivity index (χ2n) is 5.47. The number of anilines is 1. The van der Waals surface area contributed by atoms with Crippen LogP contribution in [0.5, 0.6) is 0 Å². The van der Waals surface area contributed by atoms with Gasteiger partial charge in [0.25, 0.3) is 0 Å². The first-order valence-corrected chi connectivity index (χ1v) is 7.86. The van der Waals surface area contributed by atoms with Crippen molar-refractivity contribution in [2.75, 3.05) is 18.9 Å². The predicted octanol–water partition coefficient (Wildman–Crippen LogP) is 3.64. The lowest BCUT2D eigenvalue weighted by Gasteiger charge is -2.15. The lowest BCUT2D eigenvalue weighted by Crippen LogP contribution is -2.16. The van der Waals surface area contributed by atoms with Gasteiger partial charge < -0.3 is 10.6 Å². The molecule has 0 amide bonds. The van der Waals surface area contributed by atoms with Crippen molar-refractivity contribution >= 4 is 22.0 Å². The minimum absolute atomic E-state index is 0.897. The lowest BCUT2D eigenvalue weighted by molar-refractivity contribution is 0.694. The summed E-state index contributed by atoms with van der Waals surface area (Å²) in [6.07, 6.45) is 7.94. The summed E-state index contributed by atoms with van der Waals surface area (Å²) in [6, 6.07) is 0. The average molecular weight is 262 g/mol. The molecule has 2 N–H and O–H groups in total. The summed E-state index contributed by atoms with van der Waals surface area (Å²) in [5.74, 6) is 0.897. The van der Waals surface area contributed by atoms with Gasteiger partial charge in [-0.05, 0) is 50.0 Å². The smallest absolute Gasteiger partial charge is 0.0980 e. The van der Waals surface area contributed by atoms with Crippen LogP contribution >= 0.6 is 11.3 Å². The number of nitrogens with one attached hydrogen (secondary N) is 2. The second-order valence-corrected chi connectivity index (χ2v) is 6.57. The molecule has 3 heteroatoms. The quantitative estimate of drug-likeness (QED) is 0.846. The van der Waals surface area contributed by atoms with Gasteiger partial charge in [0.15, 0.2) is 0 Å². The number of hydrogen-bond acceptors (Lipinski definition) is 3. The van der Waals surface area contributed by atoms with Crippen LogP contribution in [-0.2, 0) is 12.8 Å². The zero-order valence-electron chi connectivity index (χ0n) is 11.1. The zero-order valence-corrected chi connectivity index (χ0v) is 12.0. The molecule has 0 bridgehead atoms. The Hall–Kier alpha value is -0.960. The highest BCUT2D eigenvalue weighted by Gasteiger charge is 2.24. The highest BCUT2D eigenvalue weighted by molar-refractivity contribution is 7.16. The minimum Gasteiger partial charge on any atom is -0.385 e. The number of aryl methyl sites for hydroxylation is 1. The first-order valence-electron chi connectivity index (χ1n) is 7.05. The summed E-state index contributed by atoms with van der Waals surface area (Å²) in [6.45, 7) is 5.37. The molecular formula is C15H22N2S. The molecule has 1 saturated carbocycles. The van der Waals surface area contributed by atoms with E-state index in [1.54, 1.807) is 10.4 Å². The molecule has 1 heterocycles. The van der Waals surface area contributed by atoms with E-state index in [0.717, 1.165) is 18.2 Å². The Bertz CT molecular complexity index is 457. The molecule has 2 aliphatic rings. The van der Waals surface area contributed by atoms with Gasteiger partial charge in [0.1, 0.15) is 0 Å². The minimum atomic E-state index is 0.897. The van der Waals surface area contributed by atoms with Crippen LogP contribution in [0.3, 0.4) is 0 Å². The largest absolute Gasteiger partial charge is 0.385 e. The van der Waals surface area contributed by atoms with E-state index in [1.807, 2.05) is 18.4 Å². The van der Waals surface area contributed by atoms with Gasteiger partial charge in [0.2, 0.25) is 0 Å². The molecule has 0 spiro atoms. The Morgan fingerprint density at radius 1 is 1.33 bits per heavy atom. The van der Waals surface area contributed by atoms with Crippen molar-refractivity contribution in [2.45, 2.75) is 38.5 Å². The van der Waals surface area contributed by atoms with E-state index in [2.05, 4.69) is 17.2 Å². The van der Waals surface area contributed by atoms with Gasteiger partial charge in [0, 0.05) is 29.7 Å². The monoisotopic (exact) mass is 262 g/mol. The fourth-order valence-electron chi connectivity index (χ4n) is 2.74. The number of rotatable bonds is 5. The van der Waals surface area contributed by atoms with Crippen molar-refractivity contribution in [2.24, 2.45) is 5.92 Å². The van der Waals surface area contributed by atoms with Crippen molar-refractivity contribution in [3.8, 4) is 0 Å². The van der Waals surface area contributed by atoms with Gasteiger partial charge in [0.05, 0.1) is 5.00 Å². The van der Waals surface area contributed by atoms with Gasteiger partial charge in [-0.3, -0.25) is 0 Å². The highest BCUT2D eigenvalue weighted by Crippen LogP contribution is 2.40. The van der Waals surface area contributed by atoms with Crippen molar-refractivity contribution in [3.05, 3.63) is 22.6 Å². The van der Waals surface area contributed by atoms with E-state index < -0.39 is 0 Å². The molecule has 18 heavy (non-hydrogen) atoms. The molecule has 98 valence electrons. The van der Waals surface area contributed by atoms with E-state index in [9.17, 15) is 0 Å². The summed E-state index contributed by atoms with van der Waals surface area (Å²) in [7, 11) is 2.02. The summed E-state index contributed by atoms with van der Waals surface area (Å²) >= 11 is 1.93. The van der Waals surface area contributed by atoms with Crippen molar-refractivity contribution < 1.29 is 0 Å². The first-order chi connectivity index (χ1) is 8.79. The molecule has 0 atom stereocenters. The Balaban J connectivity index is 1.83. The van der Waals surface area contributed by atoms with Crippen LogP contribution in [0.1, 0.15) is 41.7 Å². The maximum atomic E-state index is 4.27. The highest BCUT2D eigenvalue weighted by atomic mass is 32.1. The van der Waals surface area contributed by atoms with E-state index in [1.165, 1.54) is 49.1 Å². The first kappa shape index (κ1) is 12.1. The normalized spacial score (nSPS) is 18.3. The van der Waals surface area contributed by atoms with E-state index in [4.69, 9.17) is 0 Å². The molecule has 1 fully saturated rings. The van der Waals surface area contributed by atoms with Crippen LogP contribution in [0.15, 0.2) is 6.58 Å². The Kier molecular flexibility index (Phi) is 3.33. The summed E-state index contributed by atoms with van der Waals surface area (Å²) < 4.78 is 0. The van der Waals surface area contributed by atoms with Gasteiger partial charge in [-0.2, -0.15) is 0 Å². The Morgan fingerprint density at radius 2 is 2.11 bits per heavy atom. The van der Waals surface area contributed by atoms with Gasteiger partial charge in [-0.15, -0.1) is 11.3 Å². The summed E-state index contributed by atoms with van der Waals surface area (Å²) in [5.41, 5.74) is 4.06. The second kappa shape index (κ2) is 4.96. The molecule has 1 aromatic rings. The number of thiophene rings is 1. The maximum absolute atomic E-state index is 4.27. The molecule has 1 aromatic heterocycles. The predicted molar refractivity (Wildman–Crippen MR) is 80.3 cm³/mol. The maximum Gasteiger partial charge on any atom is 0.0980 e. The van der Waals surface area contributed by atoms with E-state index in [-0.39, 0.29) is 0 Å². The van der Waals surface area contributed by atoms with Gasteiger partial charge in [-0.1, -0.05) is 6.58 Å². The van der Waals surface area contributed by atoms with Crippen LogP contribution in [0.25, 0.3) is 5.70 Å². The van der Waals surface area contributed by atoms with Crippen molar-refractivity contribution in [3.63, 3.8) is 0 Å². The van der Waals surface area contributed by atoms with E-state index >= 15 is 0 Å². The molecule has 2 nitrogen and oxygen atoms in total. The molecule has 0 aliphatic heterocycles. The standard InChI is InChI=1S/C15H22N2S/c1-10(17-9-11-7-8-11)14-12-5-3-4-6-13(12)18-15(14)16-2/h11,16-17H,1,3-9H2,2H3. The zero-order chi connectivity index (χ0) is 12.5. The van der Waals surface area contributed by atoms with Crippen molar-refractivity contribution in [1.29, 1.82) is 0 Å². The molecule has 0 aromatic carbocycles. The average Bonchev–Trinajstić information content (AvgIpc) is 3.14. The fourth-order valence-corrected chi connectivity index (χ4v) is 4.01. The third-order valence-corrected chi connectivity index (χ3v) is 5.31. The number of hydrogen-bond donors (Lipinski definition) is 2. The molecule has 0 unspecified atom stereocenters. The Labute approximate surface area is 113 Å². The summed E-state index contributed by atoms with van der Waals surface area (Å²) in [5, 5.41) is 8.20. The van der Waals surface area contributed by atoms with Crippen LogP contribution in [0.2, 0.25) is 0 Å². The molecule has 3 rings (SSSR count). The lowest BCUT2D eigenvalue weighted by atomic mass is 9.94. The van der Waals surface area contributed by atoms with E-state index in [0.29, 0.717) is 0 Å². The van der Waals surface area contributed by atoms with Crippen LogP contribution in [0, 0.1) is 5.92 Å². The third-order valence-electron chi connectivity index (χ3n) is 4.00. The van der Waals surface area contributed by atoms with Gasteiger partial charge >= 0.3 is 0 Å². The topological polar surface area (TPSA) is 24.1 Å². The van der Waals surface area contributed by atoms with Gasteiger partial charge in [-0.25, -0.2) is 0 Å². The van der Waals surface area contributed by atoms with Crippen LogP contribution in [-0.4, -0.2) is 13.6 Å². The molecule has 0 saturated heterocycles. The van der Waals surface area contributed by atoms with Crippen LogP contribution in [0.4, 0.5) is 5.00 Å². The molecule has 2 aliphatic carbocycles. The third kappa shape index (κ3) is 2.28. The van der Waals surface area contributed by atoms with Crippen LogP contribution < -0.4 is 10.6 Å². The fraction of sp³-hybridized carbons (Fsp3) is 0.600. The molecular weight excluding hydrogens is 240 g/mol. The SMILES string of the molecule is C=C(NCC1CC1)c1c(NC)sc2c1CCCC2. The van der Waals surface area contributed by atoms with Crippen molar-refractivity contribution in [1.82, 2.24) is 5.32 Å². The molecule has 0 radical (unpaired) electrons. The Morgan fingerprint density at radius 3 is 2.83 bits per heavy atom. The number of fused-ring (bicyclic) bond motifs is 1.